The van der Waals surface area contributed by atoms with Crippen molar-refractivity contribution in [3.05, 3.63) is 72.3 Å². The quantitative estimate of drug-likeness (QED) is 0.692. The smallest absolute Gasteiger partial charge is 0.246 e. The Balaban J connectivity index is 1.76. The molecule has 0 aliphatic heterocycles. The van der Waals surface area contributed by atoms with Crippen LogP contribution in [-0.2, 0) is 4.79 Å². The van der Waals surface area contributed by atoms with Gasteiger partial charge in [0.2, 0.25) is 5.91 Å². The largest absolute Gasteiger partial charge is 0.363 e. The topological polar surface area (TPSA) is 49.4 Å². The second-order valence-corrected chi connectivity index (χ2v) is 6.44. The van der Waals surface area contributed by atoms with Crippen LogP contribution in [0.1, 0.15) is 24.2 Å². The van der Waals surface area contributed by atoms with E-state index in [0.29, 0.717) is 11.3 Å². The van der Waals surface area contributed by atoms with Crippen LogP contribution in [-0.4, -0.2) is 24.8 Å². The van der Waals surface area contributed by atoms with E-state index >= 15 is 0 Å². The molecular weight excluding hydrogens is 324 g/mol. The number of hydrogen-bond acceptors (Lipinski definition) is 3. The number of benzene rings is 3. The van der Waals surface area contributed by atoms with Crippen LogP contribution >= 0.6 is 0 Å². The fourth-order valence-corrected chi connectivity index (χ4v) is 2.86. The molecule has 3 aromatic carbocycles. The molecule has 0 heterocycles. The lowest BCUT2D eigenvalue weighted by molar-refractivity contribution is -0.117. The second-order valence-electron chi connectivity index (χ2n) is 6.44. The van der Waals surface area contributed by atoms with Crippen molar-refractivity contribution in [3.63, 3.8) is 0 Å². The molecule has 0 spiro atoms. The summed E-state index contributed by atoms with van der Waals surface area (Å²) in [5.41, 5.74) is 2.18. The normalized spacial score (nSPS) is 11.8. The zero-order valence-corrected chi connectivity index (χ0v) is 15.2. The SMILES string of the molecule is CC(=O)c1cccc(NC(=O)[C@@H](C)N(C)c2ccc3ccccc3c2)c1. The Kier molecular flexibility index (Phi) is 5.03. The highest BCUT2D eigenvalue weighted by Crippen LogP contribution is 2.23. The van der Waals surface area contributed by atoms with Crippen LogP contribution in [0.4, 0.5) is 11.4 Å². The van der Waals surface area contributed by atoms with E-state index in [4.69, 9.17) is 0 Å². The van der Waals surface area contributed by atoms with E-state index in [1.165, 1.54) is 12.3 Å². The minimum absolute atomic E-state index is 0.0255. The van der Waals surface area contributed by atoms with Crippen LogP contribution in [0, 0.1) is 0 Å². The molecule has 0 radical (unpaired) electrons. The van der Waals surface area contributed by atoms with E-state index in [9.17, 15) is 9.59 Å². The highest BCUT2D eigenvalue weighted by Gasteiger charge is 2.19. The van der Waals surface area contributed by atoms with Crippen molar-refractivity contribution in [3.8, 4) is 0 Å². The zero-order chi connectivity index (χ0) is 18.7. The van der Waals surface area contributed by atoms with Gasteiger partial charge in [0, 0.05) is 24.0 Å². The maximum absolute atomic E-state index is 12.6. The lowest BCUT2D eigenvalue weighted by Gasteiger charge is -2.26. The molecule has 0 fully saturated rings. The third-order valence-electron chi connectivity index (χ3n) is 4.64. The molecule has 1 N–H and O–H groups in total. The molecular formula is C22H22N2O2. The van der Waals surface area contributed by atoms with E-state index in [0.717, 1.165) is 11.1 Å². The Bertz CT molecular complexity index is 965. The number of fused-ring (bicyclic) bond motifs is 1. The van der Waals surface area contributed by atoms with Crippen LogP contribution < -0.4 is 10.2 Å². The highest BCUT2D eigenvalue weighted by molar-refractivity contribution is 5.99. The Morgan fingerprint density at radius 3 is 2.38 bits per heavy atom. The van der Waals surface area contributed by atoms with E-state index < -0.39 is 0 Å². The summed E-state index contributed by atoms with van der Waals surface area (Å²) in [5.74, 6) is -0.149. The number of ketones is 1. The van der Waals surface area contributed by atoms with Crippen LogP contribution in [0.2, 0.25) is 0 Å². The van der Waals surface area contributed by atoms with Gasteiger partial charge in [-0.1, -0.05) is 42.5 Å². The van der Waals surface area contributed by atoms with Gasteiger partial charge >= 0.3 is 0 Å². The average molecular weight is 346 g/mol. The summed E-state index contributed by atoms with van der Waals surface area (Å²) in [6, 6.07) is 20.9. The maximum Gasteiger partial charge on any atom is 0.246 e. The number of carbonyl (C=O) groups is 2. The Morgan fingerprint density at radius 2 is 1.65 bits per heavy atom. The van der Waals surface area contributed by atoms with Crippen LogP contribution in [0.5, 0.6) is 0 Å². The van der Waals surface area contributed by atoms with Gasteiger partial charge in [0.05, 0.1) is 0 Å². The zero-order valence-electron chi connectivity index (χ0n) is 15.2. The lowest BCUT2D eigenvalue weighted by atomic mass is 10.1. The molecule has 0 saturated heterocycles. The second kappa shape index (κ2) is 7.40. The van der Waals surface area contributed by atoms with E-state index in [1.807, 2.05) is 37.1 Å². The van der Waals surface area contributed by atoms with Crippen molar-refractivity contribution in [1.29, 1.82) is 0 Å². The molecule has 1 amide bonds. The van der Waals surface area contributed by atoms with E-state index in [2.05, 4.69) is 29.6 Å². The van der Waals surface area contributed by atoms with Gasteiger partial charge in [-0.05, 0) is 48.9 Å². The van der Waals surface area contributed by atoms with Gasteiger partial charge in [0.15, 0.2) is 5.78 Å². The summed E-state index contributed by atoms with van der Waals surface area (Å²) < 4.78 is 0. The van der Waals surface area contributed by atoms with Crippen LogP contribution in [0.25, 0.3) is 10.8 Å². The van der Waals surface area contributed by atoms with Crippen molar-refractivity contribution in [1.82, 2.24) is 0 Å². The van der Waals surface area contributed by atoms with E-state index in [-0.39, 0.29) is 17.7 Å². The summed E-state index contributed by atoms with van der Waals surface area (Å²) in [5, 5.41) is 5.20. The predicted octanol–water partition coefficient (Wildman–Crippen LogP) is 4.51. The van der Waals surface area contributed by atoms with Gasteiger partial charge < -0.3 is 10.2 Å². The number of anilines is 2. The fraction of sp³-hybridized carbons (Fsp3) is 0.182. The summed E-state index contributed by atoms with van der Waals surface area (Å²) >= 11 is 0. The average Bonchev–Trinajstić information content (AvgIpc) is 2.66. The molecule has 0 unspecified atom stereocenters. The predicted molar refractivity (Wildman–Crippen MR) is 107 cm³/mol. The van der Waals surface area contributed by atoms with Crippen molar-refractivity contribution in [2.75, 3.05) is 17.3 Å². The summed E-state index contributed by atoms with van der Waals surface area (Å²) in [6.07, 6.45) is 0. The lowest BCUT2D eigenvalue weighted by Crippen LogP contribution is -2.39. The number of amides is 1. The number of hydrogen-bond donors (Lipinski definition) is 1. The number of carbonyl (C=O) groups excluding carboxylic acids is 2. The Labute approximate surface area is 153 Å². The first-order chi connectivity index (χ1) is 12.5. The minimum Gasteiger partial charge on any atom is -0.363 e. The molecule has 4 nitrogen and oxygen atoms in total. The molecule has 0 aliphatic carbocycles. The maximum atomic E-state index is 12.6. The first-order valence-electron chi connectivity index (χ1n) is 8.59. The third-order valence-corrected chi connectivity index (χ3v) is 4.64. The van der Waals surface area contributed by atoms with Gasteiger partial charge in [0.1, 0.15) is 6.04 Å². The summed E-state index contributed by atoms with van der Waals surface area (Å²) in [7, 11) is 1.90. The first-order valence-corrected chi connectivity index (χ1v) is 8.59. The summed E-state index contributed by atoms with van der Waals surface area (Å²) in [4.78, 5) is 26.1. The van der Waals surface area contributed by atoms with Gasteiger partial charge in [-0.2, -0.15) is 0 Å². The van der Waals surface area contributed by atoms with Crippen molar-refractivity contribution < 1.29 is 9.59 Å². The van der Waals surface area contributed by atoms with Crippen LogP contribution in [0.3, 0.4) is 0 Å². The number of nitrogens with zero attached hydrogens (tertiary/aromatic N) is 1. The molecule has 26 heavy (non-hydrogen) atoms. The van der Waals surface area contributed by atoms with Gasteiger partial charge in [-0.25, -0.2) is 0 Å². The molecule has 0 bridgehead atoms. The molecule has 132 valence electrons. The first kappa shape index (κ1) is 17.7. The van der Waals surface area contributed by atoms with Crippen LogP contribution in [0.15, 0.2) is 66.7 Å². The number of Topliss-reactive ketones (excluding diaryl/α,β-unsaturated/α-hetero) is 1. The monoisotopic (exact) mass is 346 g/mol. The van der Waals surface area contributed by atoms with Crippen molar-refractivity contribution in [2.24, 2.45) is 0 Å². The number of likely N-dealkylation sites (N-methyl/N-ethyl adjacent to an activating group) is 1. The van der Waals surface area contributed by atoms with E-state index in [1.54, 1.807) is 24.3 Å². The fourth-order valence-electron chi connectivity index (χ4n) is 2.86. The molecule has 1 atom stereocenters. The van der Waals surface area contributed by atoms with Crippen molar-refractivity contribution in [2.45, 2.75) is 19.9 Å². The Morgan fingerprint density at radius 1 is 0.923 bits per heavy atom. The van der Waals surface area contributed by atoms with Gasteiger partial charge in [-0.3, -0.25) is 9.59 Å². The summed E-state index contributed by atoms with van der Waals surface area (Å²) in [6.45, 7) is 3.37. The number of nitrogens with one attached hydrogen (secondary N) is 1. The van der Waals surface area contributed by atoms with Gasteiger partial charge in [0.25, 0.3) is 0 Å². The molecule has 4 heteroatoms. The van der Waals surface area contributed by atoms with Gasteiger partial charge in [-0.15, -0.1) is 0 Å². The molecule has 0 aromatic heterocycles. The third kappa shape index (κ3) is 3.75. The number of rotatable bonds is 5. The molecule has 0 saturated carbocycles. The molecule has 3 rings (SSSR count). The molecule has 3 aromatic rings. The minimum atomic E-state index is -0.364. The standard InChI is InChI=1S/C22H22N2O2/c1-15(22(26)23-20-10-6-9-18(13-20)16(2)25)24(3)21-12-11-17-7-4-5-8-19(17)14-21/h4-15H,1-3H3,(H,23,26)/t15-/m1/s1. The Hall–Kier alpha value is -3.14. The van der Waals surface area contributed by atoms with Crippen molar-refractivity contribution >= 4 is 33.8 Å². The molecule has 0 aliphatic rings. The highest BCUT2D eigenvalue weighted by atomic mass is 16.2.